The van der Waals surface area contributed by atoms with Gasteiger partial charge < -0.3 is 15.0 Å². The second kappa shape index (κ2) is 15.3. The second-order valence-electron chi connectivity index (χ2n) is 16.9. The Balaban J connectivity index is 0.877. The quantitative estimate of drug-likeness (QED) is 0.194. The van der Waals surface area contributed by atoms with Crippen LogP contribution in [-0.4, -0.2) is 74.4 Å². The van der Waals surface area contributed by atoms with E-state index in [1.165, 1.54) is 19.2 Å². The Kier molecular flexibility index (Phi) is 10.5. The van der Waals surface area contributed by atoms with Crippen LogP contribution >= 0.6 is 0 Å². The molecule has 1 aliphatic carbocycles. The number of nitrogens with zero attached hydrogens (tertiary/aromatic N) is 5. The van der Waals surface area contributed by atoms with Crippen LogP contribution in [0.15, 0.2) is 53.3 Å². The van der Waals surface area contributed by atoms with E-state index >= 15 is 0 Å². The van der Waals surface area contributed by atoms with E-state index in [0.717, 1.165) is 91.9 Å². The van der Waals surface area contributed by atoms with Gasteiger partial charge in [-0.3, -0.25) is 33.7 Å². The van der Waals surface area contributed by atoms with Gasteiger partial charge in [-0.2, -0.15) is 13.2 Å². The molecule has 0 radical (unpaired) electrons. The molecule has 12 nitrogen and oxygen atoms in total. The number of carbonyl (C=O) groups is 3. The number of alkyl halides is 3. The number of nitrogens with one attached hydrogen (secondary N) is 2. The van der Waals surface area contributed by atoms with Gasteiger partial charge in [0.25, 0.3) is 5.91 Å². The van der Waals surface area contributed by atoms with Crippen molar-refractivity contribution in [2.24, 2.45) is 13.0 Å². The van der Waals surface area contributed by atoms with Gasteiger partial charge in [0, 0.05) is 38.1 Å². The maximum absolute atomic E-state index is 13.5. The van der Waals surface area contributed by atoms with Crippen LogP contribution in [0.1, 0.15) is 110 Å². The highest BCUT2D eigenvalue weighted by Crippen LogP contribution is 2.47. The summed E-state index contributed by atoms with van der Waals surface area (Å²) >= 11 is 0. The van der Waals surface area contributed by atoms with E-state index in [2.05, 4.69) is 45.3 Å². The molecule has 5 heterocycles. The van der Waals surface area contributed by atoms with Gasteiger partial charge in [0.1, 0.15) is 23.2 Å². The number of imidazole rings is 1. The number of para-hydroxylation sites is 1. The number of rotatable bonds is 8. The van der Waals surface area contributed by atoms with Crippen molar-refractivity contribution < 1.29 is 32.3 Å². The van der Waals surface area contributed by atoms with Gasteiger partial charge >= 0.3 is 11.9 Å². The summed E-state index contributed by atoms with van der Waals surface area (Å²) in [6.07, 6.45) is 2.20. The van der Waals surface area contributed by atoms with Crippen LogP contribution in [0.4, 0.5) is 18.9 Å². The highest BCUT2D eigenvalue weighted by molar-refractivity contribution is 6.04. The van der Waals surface area contributed by atoms with Gasteiger partial charge in [0.15, 0.2) is 0 Å². The molecule has 3 fully saturated rings. The Morgan fingerprint density at radius 3 is 2.40 bits per heavy atom. The molecule has 1 unspecified atom stereocenters. The van der Waals surface area contributed by atoms with Crippen molar-refractivity contribution in [2.75, 3.05) is 32.1 Å². The van der Waals surface area contributed by atoms with Crippen LogP contribution in [-0.2, 0) is 34.9 Å². The molecule has 2 aromatic carbocycles. The highest BCUT2D eigenvalue weighted by Gasteiger charge is 2.43. The number of halogens is 3. The number of ether oxygens (including phenoxy) is 1. The number of pyridine rings is 1. The zero-order valence-corrected chi connectivity index (χ0v) is 33.3. The number of aryl methyl sites for hydroxylation is 1. The number of methoxy groups -OCH3 is 1. The van der Waals surface area contributed by atoms with Gasteiger partial charge in [-0.25, -0.2) is 9.78 Å². The fourth-order valence-corrected chi connectivity index (χ4v) is 10.1. The smallest absolute Gasteiger partial charge is 0.433 e. The molecule has 3 aliphatic heterocycles. The monoisotopic (exact) mass is 801 g/mol. The molecular weight excluding hydrogens is 752 g/mol. The second-order valence-corrected chi connectivity index (χ2v) is 16.9. The van der Waals surface area contributed by atoms with Crippen LogP contribution in [0.25, 0.3) is 11.0 Å². The maximum Gasteiger partial charge on any atom is 0.433 e. The normalized spacial score (nSPS) is 23.2. The largest absolute Gasteiger partial charge is 0.495 e. The number of amides is 3. The number of aromatic nitrogens is 3. The predicted molar refractivity (Wildman–Crippen MR) is 212 cm³/mol. The van der Waals surface area contributed by atoms with Crippen LogP contribution in [0, 0.1) is 5.92 Å². The Labute approximate surface area is 334 Å². The van der Waals surface area contributed by atoms with Crippen molar-refractivity contribution >= 4 is 34.4 Å². The number of anilines is 1. The van der Waals surface area contributed by atoms with Crippen molar-refractivity contribution in [3.63, 3.8) is 0 Å². The van der Waals surface area contributed by atoms with Gasteiger partial charge in [-0.1, -0.05) is 18.2 Å². The minimum Gasteiger partial charge on any atom is -0.495 e. The molecule has 15 heteroatoms. The van der Waals surface area contributed by atoms with Crippen LogP contribution in [0.3, 0.4) is 0 Å². The number of benzene rings is 2. The molecule has 308 valence electrons. The number of fused-ring (bicyclic) bond motifs is 2. The average Bonchev–Trinajstić information content (AvgIpc) is 3.61. The summed E-state index contributed by atoms with van der Waals surface area (Å²) in [5, 5.41) is 5.13. The molecule has 0 bridgehead atoms. The van der Waals surface area contributed by atoms with Gasteiger partial charge in [-0.15, -0.1) is 0 Å². The summed E-state index contributed by atoms with van der Waals surface area (Å²) in [5.74, 6) is -0.147. The Bertz CT molecular complexity index is 2320. The highest BCUT2D eigenvalue weighted by atomic mass is 19.4. The van der Waals surface area contributed by atoms with E-state index in [9.17, 15) is 32.3 Å². The third kappa shape index (κ3) is 7.31. The maximum atomic E-state index is 13.5. The van der Waals surface area contributed by atoms with Crippen molar-refractivity contribution in [3.8, 4) is 5.75 Å². The summed E-state index contributed by atoms with van der Waals surface area (Å²) in [4.78, 5) is 59.7. The topological polar surface area (TPSA) is 131 Å². The Morgan fingerprint density at radius 1 is 0.983 bits per heavy atom. The minimum absolute atomic E-state index is 0.208. The molecule has 1 saturated carbocycles. The minimum atomic E-state index is -4.66. The SMILES string of the molecule is COc1cc2c(cc1NC(=O)c1cccc(C(F)(F)F)n1)CN([C@H]1CC[C@H](CN3CCC(c4cccc5c4n(C)c(=O)n5C4CCC(=O)NC4=O)CC3)CC1)C2(C)C. The lowest BCUT2D eigenvalue weighted by Gasteiger charge is -2.43. The zero-order valence-electron chi connectivity index (χ0n) is 33.3. The fourth-order valence-electron chi connectivity index (χ4n) is 10.1. The van der Waals surface area contributed by atoms with E-state index in [-0.39, 0.29) is 29.3 Å². The molecule has 4 aromatic rings. The predicted octanol–water partition coefficient (Wildman–Crippen LogP) is 6.48. The summed E-state index contributed by atoms with van der Waals surface area (Å²) in [6.45, 7) is 8.11. The van der Waals surface area contributed by atoms with Crippen LogP contribution in [0.5, 0.6) is 5.75 Å². The van der Waals surface area contributed by atoms with Crippen molar-refractivity contribution in [2.45, 2.75) is 101 Å². The van der Waals surface area contributed by atoms with E-state index < -0.39 is 29.7 Å². The molecule has 1 atom stereocenters. The number of imide groups is 1. The molecule has 2 N–H and O–H groups in total. The first-order chi connectivity index (χ1) is 27.6. The summed E-state index contributed by atoms with van der Waals surface area (Å²) in [5.41, 5.74) is 3.30. The van der Waals surface area contributed by atoms with Crippen molar-refractivity contribution in [3.05, 3.63) is 87.1 Å². The number of hydrogen-bond donors (Lipinski definition) is 2. The van der Waals surface area contributed by atoms with Gasteiger partial charge in [0.05, 0.1) is 23.8 Å². The first-order valence-corrected chi connectivity index (χ1v) is 20.2. The molecule has 2 saturated heterocycles. The molecule has 3 amide bonds. The Morgan fingerprint density at radius 2 is 1.71 bits per heavy atom. The molecule has 2 aromatic heterocycles. The molecule has 58 heavy (non-hydrogen) atoms. The molecular formula is C43H50F3N7O5. The number of likely N-dealkylation sites (tertiary alicyclic amines) is 1. The summed E-state index contributed by atoms with van der Waals surface area (Å²) in [7, 11) is 3.28. The zero-order chi connectivity index (χ0) is 41.1. The summed E-state index contributed by atoms with van der Waals surface area (Å²) in [6, 6.07) is 12.7. The van der Waals surface area contributed by atoms with Crippen molar-refractivity contribution in [1.29, 1.82) is 0 Å². The lowest BCUT2D eigenvalue weighted by molar-refractivity contribution is -0.141. The Hall–Kier alpha value is -5.02. The molecule has 0 spiro atoms. The van der Waals surface area contributed by atoms with Gasteiger partial charge in [-0.05, 0) is 131 Å². The first-order valence-electron chi connectivity index (χ1n) is 20.2. The molecule has 4 aliphatic rings. The third-order valence-electron chi connectivity index (χ3n) is 13.1. The number of hydrogen-bond acceptors (Lipinski definition) is 8. The fraction of sp³-hybridized carbons (Fsp3) is 0.512. The number of carbonyl (C=O) groups excluding carboxylic acids is 3. The van der Waals surface area contributed by atoms with Crippen LogP contribution in [0.2, 0.25) is 0 Å². The van der Waals surface area contributed by atoms with Crippen molar-refractivity contribution in [1.82, 2.24) is 29.2 Å². The van der Waals surface area contributed by atoms with Crippen LogP contribution < -0.4 is 21.1 Å². The third-order valence-corrected chi connectivity index (χ3v) is 13.1. The standard InChI is InChI=1S/C43H50F3N7O5/c1-42(2)30-22-35(58-4)32(48-39(55)31-8-6-10-36(47-31)43(44,45)46)21-27(30)24-52(42)28-13-11-25(12-14-28)23-51-19-17-26(18-20-51)29-7-5-9-33-38(29)50(3)41(57)53(33)34-15-16-37(54)49-40(34)56/h5-10,21-22,25-26,28,34H,11-20,23-24H2,1-4H3,(H,48,55)(H,49,54,56)/t25-,28-,34?. The lowest BCUT2D eigenvalue weighted by atomic mass is 9.82. The van der Waals surface area contributed by atoms with E-state index in [1.54, 1.807) is 16.2 Å². The van der Waals surface area contributed by atoms with E-state index in [1.807, 2.05) is 24.3 Å². The van der Waals surface area contributed by atoms with Gasteiger partial charge in [0.2, 0.25) is 11.8 Å². The van der Waals surface area contributed by atoms with E-state index in [4.69, 9.17) is 4.74 Å². The van der Waals surface area contributed by atoms with E-state index in [0.29, 0.717) is 42.3 Å². The lowest BCUT2D eigenvalue weighted by Crippen LogP contribution is -2.46. The number of piperidine rings is 2. The summed E-state index contributed by atoms with van der Waals surface area (Å²) < 4.78 is 48.7. The average molecular weight is 802 g/mol. The first kappa shape index (κ1) is 39.8. The molecule has 8 rings (SSSR count).